The molecule has 6 heteroatoms. The molecule has 5 nitrogen and oxygen atoms in total. The van der Waals surface area contributed by atoms with E-state index in [2.05, 4.69) is 40.4 Å². The maximum atomic E-state index is 12.0. The highest BCUT2D eigenvalue weighted by atomic mass is 79.9. The van der Waals surface area contributed by atoms with Crippen LogP contribution in [0.5, 0.6) is 5.75 Å². The summed E-state index contributed by atoms with van der Waals surface area (Å²) in [6, 6.07) is 14.8. The van der Waals surface area contributed by atoms with Crippen molar-refractivity contribution in [2.24, 2.45) is 5.92 Å². The molecule has 2 amide bonds. The Labute approximate surface area is 168 Å². The molecule has 0 radical (unpaired) electrons. The quantitative estimate of drug-likeness (QED) is 0.624. The number of amides is 2. The van der Waals surface area contributed by atoms with Gasteiger partial charge < -0.3 is 15.4 Å². The van der Waals surface area contributed by atoms with Crippen LogP contribution in [0.2, 0.25) is 0 Å². The summed E-state index contributed by atoms with van der Waals surface area (Å²) in [4.78, 5) is 23.7. The number of ether oxygens (including phenoxy) is 1. The van der Waals surface area contributed by atoms with Gasteiger partial charge in [-0.05, 0) is 54.3 Å². The predicted octanol–water partition coefficient (Wildman–Crippen LogP) is 4.17. The van der Waals surface area contributed by atoms with Crippen LogP contribution in [0.4, 0.5) is 5.69 Å². The molecule has 0 fully saturated rings. The molecule has 0 saturated heterocycles. The molecule has 0 atom stereocenters. The van der Waals surface area contributed by atoms with Crippen molar-refractivity contribution in [2.75, 3.05) is 18.5 Å². The number of anilines is 1. The second-order valence-corrected chi connectivity index (χ2v) is 7.60. The fourth-order valence-corrected chi connectivity index (χ4v) is 2.56. The molecule has 0 aliphatic carbocycles. The Morgan fingerprint density at radius 1 is 1.00 bits per heavy atom. The van der Waals surface area contributed by atoms with Gasteiger partial charge in [-0.1, -0.05) is 41.9 Å². The van der Waals surface area contributed by atoms with E-state index < -0.39 is 0 Å². The maximum Gasteiger partial charge on any atom is 0.262 e. The van der Waals surface area contributed by atoms with E-state index in [-0.39, 0.29) is 18.4 Å². The Hall–Kier alpha value is -2.34. The van der Waals surface area contributed by atoms with Crippen molar-refractivity contribution in [1.29, 1.82) is 0 Å². The number of benzene rings is 2. The van der Waals surface area contributed by atoms with Gasteiger partial charge in [0.1, 0.15) is 5.75 Å². The van der Waals surface area contributed by atoms with Gasteiger partial charge >= 0.3 is 0 Å². The first-order valence-electron chi connectivity index (χ1n) is 8.96. The topological polar surface area (TPSA) is 67.4 Å². The van der Waals surface area contributed by atoms with Gasteiger partial charge in [0, 0.05) is 23.1 Å². The van der Waals surface area contributed by atoms with Crippen LogP contribution in [0.15, 0.2) is 53.0 Å². The molecule has 2 aromatic carbocycles. The summed E-state index contributed by atoms with van der Waals surface area (Å²) in [5.41, 5.74) is 1.76. The lowest BCUT2D eigenvalue weighted by atomic mass is 10.1. The summed E-state index contributed by atoms with van der Waals surface area (Å²) < 4.78 is 6.40. The van der Waals surface area contributed by atoms with Crippen molar-refractivity contribution in [2.45, 2.75) is 26.7 Å². The van der Waals surface area contributed by atoms with E-state index >= 15 is 0 Å². The van der Waals surface area contributed by atoms with E-state index in [4.69, 9.17) is 4.74 Å². The van der Waals surface area contributed by atoms with Crippen molar-refractivity contribution in [1.82, 2.24) is 5.32 Å². The first kappa shape index (κ1) is 21.0. The maximum absolute atomic E-state index is 12.0. The highest BCUT2D eigenvalue weighted by Gasteiger charge is 2.06. The van der Waals surface area contributed by atoms with Crippen molar-refractivity contribution < 1.29 is 14.3 Å². The Bertz CT molecular complexity index is 743. The molecular weight excluding hydrogens is 408 g/mol. The third kappa shape index (κ3) is 8.26. The third-order valence-corrected chi connectivity index (χ3v) is 4.30. The standard InChI is InChI=1S/C21H25BrN2O3/c1-15(2)13-23-20(25)12-5-16-3-8-18(9-4-16)24-21(26)14-27-19-10-6-17(22)7-11-19/h3-4,6-11,15H,5,12-14H2,1-2H3,(H,23,25)(H,24,26). The van der Waals surface area contributed by atoms with Crippen LogP contribution in [0.1, 0.15) is 25.8 Å². The van der Waals surface area contributed by atoms with Gasteiger partial charge in [0.15, 0.2) is 6.61 Å². The molecule has 0 aromatic heterocycles. The van der Waals surface area contributed by atoms with Crippen molar-refractivity contribution >= 4 is 33.4 Å². The molecule has 2 aromatic rings. The van der Waals surface area contributed by atoms with Crippen LogP contribution in [0.3, 0.4) is 0 Å². The monoisotopic (exact) mass is 432 g/mol. The summed E-state index contributed by atoms with van der Waals surface area (Å²) in [5, 5.41) is 5.70. The van der Waals surface area contributed by atoms with Crippen LogP contribution in [0.25, 0.3) is 0 Å². The van der Waals surface area contributed by atoms with E-state index in [9.17, 15) is 9.59 Å². The fourth-order valence-electron chi connectivity index (χ4n) is 2.30. The average molecular weight is 433 g/mol. The number of halogens is 1. The second kappa shape index (κ2) is 10.7. The first-order valence-corrected chi connectivity index (χ1v) is 9.75. The van der Waals surface area contributed by atoms with E-state index in [1.165, 1.54) is 0 Å². The predicted molar refractivity (Wildman–Crippen MR) is 111 cm³/mol. The zero-order valence-corrected chi connectivity index (χ0v) is 17.2. The Balaban J connectivity index is 1.73. The van der Waals surface area contributed by atoms with Crippen molar-refractivity contribution in [3.63, 3.8) is 0 Å². The largest absolute Gasteiger partial charge is 0.484 e. The van der Waals surface area contributed by atoms with Gasteiger partial charge in [0.2, 0.25) is 5.91 Å². The molecule has 27 heavy (non-hydrogen) atoms. The lowest BCUT2D eigenvalue weighted by Crippen LogP contribution is -2.27. The molecule has 0 aliphatic heterocycles. The summed E-state index contributed by atoms with van der Waals surface area (Å²) in [6.07, 6.45) is 1.13. The normalized spacial score (nSPS) is 10.5. The van der Waals surface area contributed by atoms with Gasteiger partial charge in [0.05, 0.1) is 0 Å². The van der Waals surface area contributed by atoms with E-state index in [1.807, 2.05) is 36.4 Å². The minimum atomic E-state index is -0.223. The Kier molecular flexibility index (Phi) is 8.33. The number of rotatable bonds is 9. The molecule has 0 saturated carbocycles. The zero-order chi connectivity index (χ0) is 19.6. The van der Waals surface area contributed by atoms with Crippen molar-refractivity contribution in [3.8, 4) is 5.75 Å². The molecule has 0 aliphatic rings. The smallest absolute Gasteiger partial charge is 0.262 e. The summed E-state index contributed by atoms with van der Waals surface area (Å²) in [6.45, 7) is 4.78. The van der Waals surface area contributed by atoms with E-state index in [0.29, 0.717) is 36.7 Å². The Morgan fingerprint density at radius 2 is 1.67 bits per heavy atom. The highest BCUT2D eigenvalue weighted by molar-refractivity contribution is 9.10. The number of hydrogen-bond donors (Lipinski definition) is 2. The molecule has 2 rings (SSSR count). The Morgan fingerprint density at radius 3 is 2.30 bits per heavy atom. The van der Waals surface area contributed by atoms with Crippen LogP contribution in [0, 0.1) is 5.92 Å². The first-order chi connectivity index (χ1) is 12.9. The lowest BCUT2D eigenvalue weighted by Gasteiger charge is -2.09. The van der Waals surface area contributed by atoms with Crippen LogP contribution in [-0.4, -0.2) is 25.0 Å². The molecule has 0 heterocycles. The van der Waals surface area contributed by atoms with E-state index in [1.54, 1.807) is 12.1 Å². The van der Waals surface area contributed by atoms with Gasteiger partial charge in [-0.25, -0.2) is 0 Å². The van der Waals surface area contributed by atoms with Crippen LogP contribution in [-0.2, 0) is 16.0 Å². The zero-order valence-electron chi connectivity index (χ0n) is 15.6. The van der Waals surface area contributed by atoms with Gasteiger partial charge in [0.25, 0.3) is 5.91 Å². The summed E-state index contributed by atoms with van der Waals surface area (Å²) >= 11 is 3.35. The number of aryl methyl sites for hydroxylation is 1. The highest BCUT2D eigenvalue weighted by Crippen LogP contribution is 2.16. The van der Waals surface area contributed by atoms with Gasteiger partial charge in [-0.3, -0.25) is 9.59 Å². The molecular formula is C21H25BrN2O3. The summed E-state index contributed by atoms with van der Waals surface area (Å²) in [5.74, 6) is 0.925. The number of carbonyl (C=O) groups excluding carboxylic acids is 2. The molecule has 2 N–H and O–H groups in total. The number of carbonyl (C=O) groups is 2. The van der Waals surface area contributed by atoms with E-state index in [0.717, 1.165) is 10.0 Å². The minimum absolute atomic E-state index is 0.0561. The number of nitrogens with one attached hydrogen (secondary N) is 2. The summed E-state index contributed by atoms with van der Waals surface area (Å²) in [7, 11) is 0. The molecule has 0 unspecified atom stereocenters. The minimum Gasteiger partial charge on any atom is -0.484 e. The molecule has 0 spiro atoms. The molecule has 0 bridgehead atoms. The van der Waals surface area contributed by atoms with Gasteiger partial charge in [-0.2, -0.15) is 0 Å². The van der Waals surface area contributed by atoms with Crippen LogP contribution < -0.4 is 15.4 Å². The third-order valence-electron chi connectivity index (χ3n) is 3.77. The average Bonchev–Trinajstić information content (AvgIpc) is 2.65. The van der Waals surface area contributed by atoms with Crippen LogP contribution >= 0.6 is 15.9 Å². The number of hydrogen-bond acceptors (Lipinski definition) is 3. The van der Waals surface area contributed by atoms with Crippen molar-refractivity contribution in [3.05, 3.63) is 58.6 Å². The second-order valence-electron chi connectivity index (χ2n) is 6.69. The SMILES string of the molecule is CC(C)CNC(=O)CCc1ccc(NC(=O)COc2ccc(Br)cc2)cc1. The fraction of sp³-hybridized carbons (Fsp3) is 0.333. The molecule has 144 valence electrons. The lowest BCUT2D eigenvalue weighted by molar-refractivity contribution is -0.121. The van der Waals surface area contributed by atoms with Gasteiger partial charge in [-0.15, -0.1) is 0 Å².